The fourth-order valence-corrected chi connectivity index (χ4v) is 5.45. The Balaban J connectivity index is 1.49. The number of hydrogen-bond acceptors (Lipinski definition) is 1. The van der Waals surface area contributed by atoms with Gasteiger partial charge in [-0.25, -0.2) is 13.2 Å². The molecule has 0 atom stereocenters. The molecule has 1 nitrogen and oxygen atoms in total. The Bertz CT molecular complexity index is 995. The first kappa shape index (κ1) is 24.8. The van der Waals surface area contributed by atoms with Crippen LogP contribution in [0.5, 0.6) is 5.75 Å². The van der Waals surface area contributed by atoms with E-state index in [-0.39, 0.29) is 18.1 Å². The highest BCUT2D eigenvalue weighted by Crippen LogP contribution is 2.45. The molecule has 2 aromatic rings. The van der Waals surface area contributed by atoms with Crippen LogP contribution in [0.1, 0.15) is 74.0 Å². The maximum absolute atomic E-state index is 14.7. The van der Waals surface area contributed by atoms with Crippen molar-refractivity contribution < 1.29 is 39.9 Å². The third kappa shape index (κ3) is 5.18. The van der Waals surface area contributed by atoms with E-state index in [4.69, 9.17) is 0 Å². The van der Waals surface area contributed by atoms with Crippen molar-refractivity contribution in [3.8, 4) is 5.75 Å². The third-order valence-electron chi connectivity index (χ3n) is 7.16. The Morgan fingerprint density at radius 2 is 1.24 bits per heavy atom. The van der Waals surface area contributed by atoms with Gasteiger partial charge in [0, 0.05) is 6.07 Å². The highest BCUT2D eigenvalue weighted by Gasteiger charge is 2.42. The SMILES string of the molecule is Fc1cc(OC(F)(F)c2c(F)cc(C3CCC(C4CCCC4)CC3)cc2F)ccc1C(F)(F)F. The predicted octanol–water partition coefficient (Wildman–Crippen LogP) is 8.72. The van der Waals surface area contributed by atoms with E-state index in [1.807, 2.05) is 0 Å². The molecule has 2 saturated carbocycles. The summed E-state index contributed by atoms with van der Waals surface area (Å²) in [6.07, 6.45) is -1.41. The van der Waals surface area contributed by atoms with Crippen molar-refractivity contribution in [1.82, 2.24) is 0 Å². The Kier molecular flexibility index (Phi) is 6.84. The van der Waals surface area contributed by atoms with Gasteiger partial charge in [-0.05, 0) is 73.3 Å². The molecular formula is C25H24F8O. The third-order valence-corrected chi connectivity index (χ3v) is 7.16. The average Bonchev–Trinajstić information content (AvgIpc) is 3.27. The van der Waals surface area contributed by atoms with Crippen LogP contribution in [0.15, 0.2) is 30.3 Å². The lowest BCUT2D eigenvalue weighted by Crippen LogP contribution is -2.26. The fourth-order valence-electron chi connectivity index (χ4n) is 5.45. The first-order valence-electron chi connectivity index (χ1n) is 11.4. The average molecular weight is 492 g/mol. The van der Waals surface area contributed by atoms with E-state index in [1.54, 1.807) is 0 Å². The summed E-state index contributed by atoms with van der Waals surface area (Å²) in [6, 6.07) is 2.52. The molecule has 0 saturated heterocycles. The van der Waals surface area contributed by atoms with Gasteiger partial charge in [0.25, 0.3) is 0 Å². The van der Waals surface area contributed by atoms with Gasteiger partial charge in [0.1, 0.15) is 28.8 Å². The van der Waals surface area contributed by atoms with Gasteiger partial charge in [-0.2, -0.15) is 22.0 Å². The molecule has 0 spiro atoms. The maximum Gasteiger partial charge on any atom is 0.432 e. The Hall–Kier alpha value is -2.32. The van der Waals surface area contributed by atoms with Gasteiger partial charge >= 0.3 is 12.3 Å². The number of rotatable bonds is 5. The number of alkyl halides is 5. The predicted molar refractivity (Wildman–Crippen MR) is 109 cm³/mol. The van der Waals surface area contributed by atoms with Crippen molar-refractivity contribution in [2.24, 2.45) is 11.8 Å². The van der Waals surface area contributed by atoms with Gasteiger partial charge in [0.2, 0.25) is 0 Å². The molecule has 34 heavy (non-hydrogen) atoms. The molecule has 2 fully saturated rings. The maximum atomic E-state index is 14.7. The largest absolute Gasteiger partial charge is 0.432 e. The molecule has 186 valence electrons. The molecule has 0 heterocycles. The van der Waals surface area contributed by atoms with Gasteiger partial charge in [-0.3, -0.25) is 0 Å². The second-order valence-corrected chi connectivity index (χ2v) is 9.27. The smallest absolute Gasteiger partial charge is 0.429 e. The van der Waals surface area contributed by atoms with Gasteiger partial charge in [0.05, 0.1) is 5.56 Å². The zero-order valence-corrected chi connectivity index (χ0v) is 18.2. The van der Waals surface area contributed by atoms with E-state index in [0.29, 0.717) is 23.5 Å². The summed E-state index contributed by atoms with van der Waals surface area (Å²) >= 11 is 0. The van der Waals surface area contributed by atoms with Crippen molar-refractivity contribution in [1.29, 1.82) is 0 Å². The number of halogens is 8. The van der Waals surface area contributed by atoms with Crippen molar-refractivity contribution >= 4 is 0 Å². The number of hydrogen-bond donors (Lipinski definition) is 0. The summed E-state index contributed by atoms with van der Waals surface area (Å²) in [5, 5.41) is 0. The van der Waals surface area contributed by atoms with Gasteiger partial charge in [0.15, 0.2) is 0 Å². The topological polar surface area (TPSA) is 9.23 Å². The fraction of sp³-hybridized carbons (Fsp3) is 0.520. The molecule has 0 unspecified atom stereocenters. The normalized spacial score (nSPS) is 22.2. The van der Waals surface area contributed by atoms with Crippen molar-refractivity contribution in [3.63, 3.8) is 0 Å². The van der Waals surface area contributed by atoms with Crippen molar-refractivity contribution in [2.75, 3.05) is 0 Å². The van der Waals surface area contributed by atoms with E-state index in [2.05, 4.69) is 4.74 Å². The molecule has 0 bridgehead atoms. The van der Waals surface area contributed by atoms with Crippen LogP contribution in [0.2, 0.25) is 0 Å². The lowest BCUT2D eigenvalue weighted by Gasteiger charge is -2.32. The highest BCUT2D eigenvalue weighted by molar-refractivity contribution is 5.34. The molecule has 0 aliphatic heterocycles. The lowest BCUT2D eigenvalue weighted by atomic mass is 9.73. The van der Waals surface area contributed by atoms with E-state index >= 15 is 0 Å². The molecular weight excluding hydrogens is 468 g/mol. The Labute approximate surface area is 192 Å². The zero-order chi connectivity index (χ0) is 24.7. The van der Waals surface area contributed by atoms with E-state index in [0.717, 1.165) is 37.8 Å². The van der Waals surface area contributed by atoms with Crippen LogP contribution in [0.25, 0.3) is 0 Å². The molecule has 2 aliphatic carbocycles. The molecule has 0 N–H and O–H groups in total. The van der Waals surface area contributed by atoms with Crippen LogP contribution in [0.3, 0.4) is 0 Å². The standard InChI is InChI=1S/C25H24F8O/c26-20-13-18(9-10-19(20)24(29,30)31)34-25(32,33)23-21(27)11-17(12-22(23)28)16-7-5-15(6-8-16)14-3-1-2-4-14/h9-16H,1-8H2. The number of benzene rings is 2. The van der Waals surface area contributed by atoms with E-state index in [9.17, 15) is 35.1 Å². The van der Waals surface area contributed by atoms with Crippen LogP contribution in [-0.2, 0) is 12.3 Å². The van der Waals surface area contributed by atoms with Crippen LogP contribution < -0.4 is 4.74 Å². The minimum absolute atomic E-state index is 0.101. The monoisotopic (exact) mass is 492 g/mol. The van der Waals surface area contributed by atoms with Gasteiger partial charge in [-0.1, -0.05) is 25.7 Å². The first-order chi connectivity index (χ1) is 16.0. The van der Waals surface area contributed by atoms with Gasteiger partial charge in [-0.15, -0.1) is 0 Å². The van der Waals surface area contributed by atoms with Crippen molar-refractivity contribution in [2.45, 2.75) is 69.6 Å². The lowest BCUT2D eigenvalue weighted by molar-refractivity contribution is -0.189. The van der Waals surface area contributed by atoms with Crippen LogP contribution >= 0.6 is 0 Å². The minimum atomic E-state index is -5.03. The van der Waals surface area contributed by atoms with E-state index in [1.165, 1.54) is 25.7 Å². The molecule has 9 heteroatoms. The highest BCUT2D eigenvalue weighted by atomic mass is 19.4. The van der Waals surface area contributed by atoms with Gasteiger partial charge < -0.3 is 4.74 Å². The van der Waals surface area contributed by atoms with Crippen molar-refractivity contribution in [3.05, 3.63) is 64.5 Å². The summed E-state index contributed by atoms with van der Waals surface area (Å²) in [5.74, 6) is -4.74. The molecule has 0 radical (unpaired) electrons. The summed E-state index contributed by atoms with van der Waals surface area (Å²) in [5.41, 5.74) is -3.05. The molecule has 2 aromatic carbocycles. The van der Waals surface area contributed by atoms with E-state index < -0.39 is 46.6 Å². The Morgan fingerprint density at radius 1 is 0.676 bits per heavy atom. The zero-order valence-electron chi connectivity index (χ0n) is 18.2. The summed E-state index contributed by atoms with van der Waals surface area (Å²) < 4.78 is 114. The first-order valence-corrected chi connectivity index (χ1v) is 11.4. The molecule has 4 rings (SSSR count). The Morgan fingerprint density at radius 3 is 1.76 bits per heavy atom. The molecule has 2 aliphatic rings. The molecule has 0 aromatic heterocycles. The van der Waals surface area contributed by atoms with Crippen LogP contribution in [0, 0.1) is 29.3 Å². The second kappa shape index (κ2) is 9.38. The summed E-state index contributed by atoms with van der Waals surface area (Å²) in [6.45, 7) is 0. The quantitative estimate of drug-likeness (QED) is 0.379. The summed E-state index contributed by atoms with van der Waals surface area (Å²) in [7, 11) is 0. The van der Waals surface area contributed by atoms with Crippen LogP contribution in [-0.4, -0.2) is 0 Å². The molecule has 0 amide bonds. The minimum Gasteiger partial charge on any atom is -0.429 e. The number of ether oxygens (including phenoxy) is 1. The summed E-state index contributed by atoms with van der Waals surface area (Å²) in [4.78, 5) is 0. The second-order valence-electron chi connectivity index (χ2n) is 9.27. The van der Waals surface area contributed by atoms with Crippen LogP contribution in [0.4, 0.5) is 35.1 Å².